The van der Waals surface area contributed by atoms with Crippen molar-refractivity contribution in [1.82, 2.24) is 9.97 Å². The molecule has 11 aromatic rings. The van der Waals surface area contributed by atoms with Crippen molar-refractivity contribution in [3.63, 3.8) is 0 Å². The van der Waals surface area contributed by atoms with Crippen molar-refractivity contribution in [2.75, 3.05) is 0 Å². The second kappa shape index (κ2) is 14.2. The van der Waals surface area contributed by atoms with Crippen molar-refractivity contribution < 1.29 is 0 Å². The molecule has 1 spiro atoms. The Kier molecular flexibility index (Phi) is 8.12. The lowest BCUT2D eigenvalue weighted by atomic mass is 9.66. The van der Waals surface area contributed by atoms with E-state index in [-0.39, 0.29) is 0 Å². The van der Waals surface area contributed by atoms with Gasteiger partial charge in [-0.25, -0.2) is 9.97 Å². The zero-order valence-corrected chi connectivity index (χ0v) is 35.3. The van der Waals surface area contributed by atoms with Crippen molar-refractivity contribution >= 4 is 44.2 Å². The molecule has 1 aromatic heterocycles. The Bertz CT molecular complexity index is 3730. The van der Waals surface area contributed by atoms with Crippen molar-refractivity contribution in [1.29, 1.82) is 5.26 Å². The van der Waals surface area contributed by atoms with E-state index in [1.54, 1.807) is 0 Å². The molecule has 2 heterocycles. The van der Waals surface area contributed by atoms with Gasteiger partial charge in [0.05, 0.1) is 28.3 Å². The number of hydrogen-bond acceptors (Lipinski definition) is 4. The minimum absolute atomic E-state index is 0.559. The minimum Gasteiger partial charge on any atom is -0.228 e. The largest absolute Gasteiger partial charge is 0.228 e. The van der Waals surface area contributed by atoms with E-state index in [0.29, 0.717) is 11.4 Å². The van der Waals surface area contributed by atoms with Gasteiger partial charge in [-0.2, -0.15) is 5.26 Å². The van der Waals surface area contributed by atoms with Crippen molar-refractivity contribution in [3.05, 3.63) is 240 Å². The summed E-state index contributed by atoms with van der Waals surface area (Å²) in [4.78, 5) is 13.4. The Morgan fingerprint density at radius 2 is 1.02 bits per heavy atom. The van der Waals surface area contributed by atoms with Gasteiger partial charge < -0.3 is 0 Å². The number of rotatable bonds is 4. The standard InChI is InChI=1S/C60H35N3S/c61-36-37-13-12-17-42(33-37)43-34-49-45(50(35-43)59-62-55-24-11-8-21-48(55)56(63-59)41-27-25-39(26-28-41)38-14-2-1-3-15-38)30-32-54-58(49)64-57-44-18-5-4-16-40(44)29-31-53(57)60(54)51-22-9-6-19-46(51)47-20-7-10-23-52(47)60/h1-35H. The highest BCUT2D eigenvalue weighted by Gasteiger charge is 2.50. The fourth-order valence-corrected chi connectivity index (χ4v) is 12.0. The summed E-state index contributed by atoms with van der Waals surface area (Å²) < 4.78 is 0. The Hall–Kier alpha value is -8.10. The summed E-state index contributed by atoms with van der Waals surface area (Å²) in [6.07, 6.45) is 0. The number of aromatic nitrogens is 2. The SMILES string of the molecule is N#Cc1cccc(-c2cc(-c3nc(-c4ccc(-c5ccccc5)cc4)c4ccccc4n3)c3ccc4c(c3c2)Sc2c(ccc3ccccc23)C42c3ccccc3-c3ccccc32)c1. The van der Waals surface area contributed by atoms with Crippen LogP contribution in [-0.4, -0.2) is 9.97 Å². The lowest BCUT2D eigenvalue weighted by Crippen LogP contribution is -2.32. The summed E-state index contributed by atoms with van der Waals surface area (Å²) in [5.41, 5.74) is 15.8. The summed E-state index contributed by atoms with van der Waals surface area (Å²) in [7, 11) is 0. The summed E-state index contributed by atoms with van der Waals surface area (Å²) in [6.45, 7) is 0. The van der Waals surface area contributed by atoms with Crippen LogP contribution in [-0.2, 0) is 5.41 Å². The van der Waals surface area contributed by atoms with Crippen molar-refractivity contribution in [2.45, 2.75) is 15.2 Å². The summed E-state index contributed by atoms with van der Waals surface area (Å²) in [6, 6.07) is 78.5. The molecule has 1 aliphatic carbocycles. The monoisotopic (exact) mass is 829 g/mol. The number of hydrogen-bond donors (Lipinski definition) is 0. The molecule has 1 aliphatic heterocycles. The number of fused-ring (bicyclic) bond motifs is 14. The molecule has 0 amide bonds. The Morgan fingerprint density at radius 3 is 1.80 bits per heavy atom. The zero-order chi connectivity index (χ0) is 42.4. The predicted octanol–water partition coefficient (Wildman–Crippen LogP) is 15.3. The first-order valence-corrected chi connectivity index (χ1v) is 22.4. The molecule has 4 heteroatoms. The second-order valence-electron chi connectivity index (χ2n) is 16.7. The average molecular weight is 830 g/mol. The van der Waals surface area contributed by atoms with E-state index < -0.39 is 5.41 Å². The fraction of sp³-hybridized carbons (Fsp3) is 0.0167. The molecule has 0 unspecified atom stereocenters. The van der Waals surface area contributed by atoms with E-state index in [9.17, 15) is 5.26 Å². The summed E-state index contributed by atoms with van der Waals surface area (Å²) >= 11 is 1.88. The molecular formula is C60H35N3S. The summed E-state index contributed by atoms with van der Waals surface area (Å²) in [5.74, 6) is 0.655. The van der Waals surface area contributed by atoms with Gasteiger partial charge in [-0.1, -0.05) is 194 Å². The minimum atomic E-state index is -0.559. The van der Waals surface area contributed by atoms with E-state index in [1.165, 1.54) is 59.5 Å². The van der Waals surface area contributed by atoms with Gasteiger partial charge in [-0.05, 0) is 108 Å². The van der Waals surface area contributed by atoms with Crippen LogP contribution in [0.15, 0.2) is 222 Å². The molecule has 0 atom stereocenters. The van der Waals surface area contributed by atoms with Crippen LogP contribution in [0.1, 0.15) is 27.8 Å². The Morgan fingerprint density at radius 1 is 0.391 bits per heavy atom. The predicted molar refractivity (Wildman–Crippen MR) is 262 cm³/mol. The number of nitrogens with zero attached hydrogens (tertiary/aromatic N) is 3. The maximum atomic E-state index is 10.1. The third kappa shape index (κ3) is 5.35. The topological polar surface area (TPSA) is 49.6 Å². The van der Waals surface area contributed by atoms with Gasteiger partial charge in [0.25, 0.3) is 0 Å². The van der Waals surface area contributed by atoms with Gasteiger partial charge in [0.2, 0.25) is 0 Å². The van der Waals surface area contributed by atoms with Crippen LogP contribution in [0.4, 0.5) is 0 Å². The highest BCUT2D eigenvalue weighted by atomic mass is 32.2. The molecular weight excluding hydrogens is 795 g/mol. The molecule has 0 N–H and O–H groups in total. The second-order valence-corrected chi connectivity index (χ2v) is 17.7. The lowest BCUT2D eigenvalue weighted by Gasteiger charge is -2.40. The summed E-state index contributed by atoms with van der Waals surface area (Å²) in [5, 5.41) is 15.7. The van der Waals surface area contributed by atoms with Crippen molar-refractivity contribution in [3.8, 4) is 62.1 Å². The van der Waals surface area contributed by atoms with Gasteiger partial charge in [0.15, 0.2) is 5.82 Å². The third-order valence-corrected chi connectivity index (χ3v) is 14.7. The smallest absolute Gasteiger partial charge is 0.161 e. The van der Waals surface area contributed by atoms with Gasteiger partial charge in [-0.15, -0.1) is 0 Å². The van der Waals surface area contributed by atoms with Gasteiger partial charge in [0, 0.05) is 26.3 Å². The van der Waals surface area contributed by atoms with Crippen LogP contribution >= 0.6 is 11.8 Å². The third-order valence-electron chi connectivity index (χ3n) is 13.4. The highest BCUT2D eigenvalue weighted by molar-refractivity contribution is 8.00. The molecule has 64 heavy (non-hydrogen) atoms. The quantitative estimate of drug-likeness (QED) is 0.177. The van der Waals surface area contributed by atoms with E-state index >= 15 is 0 Å². The molecule has 3 nitrogen and oxygen atoms in total. The molecule has 10 aromatic carbocycles. The molecule has 13 rings (SSSR count). The first-order valence-electron chi connectivity index (χ1n) is 21.6. The maximum Gasteiger partial charge on any atom is 0.161 e. The molecule has 0 saturated carbocycles. The van der Waals surface area contributed by atoms with E-state index in [4.69, 9.17) is 9.97 Å². The van der Waals surface area contributed by atoms with E-state index in [2.05, 4.69) is 194 Å². The molecule has 0 bridgehead atoms. The van der Waals surface area contributed by atoms with Gasteiger partial charge in [0.1, 0.15) is 0 Å². The number of benzene rings is 10. The van der Waals surface area contributed by atoms with E-state index in [1.807, 2.05) is 36.0 Å². The van der Waals surface area contributed by atoms with E-state index in [0.717, 1.165) is 55.2 Å². The van der Waals surface area contributed by atoms with Crippen LogP contribution in [0.3, 0.4) is 0 Å². The number of para-hydroxylation sites is 1. The first-order chi connectivity index (χ1) is 31.7. The fourth-order valence-electron chi connectivity index (χ4n) is 10.5. The molecule has 0 saturated heterocycles. The zero-order valence-electron chi connectivity index (χ0n) is 34.5. The van der Waals surface area contributed by atoms with Crippen molar-refractivity contribution in [2.24, 2.45) is 0 Å². The van der Waals surface area contributed by atoms with Crippen LogP contribution in [0, 0.1) is 11.3 Å². The van der Waals surface area contributed by atoms with Crippen LogP contribution in [0.25, 0.3) is 88.5 Å². The number of nitriles is 1. The van der Waals surface area contributed by atoms with Gasteiger partial charge >= 0.3 is 0 Å². The molecule has 0 fully saturated rings. The normalized spacial score (nSPS) is 13.0. The first kappa shape index (κ1) is 36.5. The van der Waals surface area contributed by atoms with Gasteiger partial charge in [-0.3, -0.25) is 0 Å². The van der Waals surface area contributed by atoms with Crippen LogP contribution < -0.4 is 0 Å². The molecule has 2 aliphatic rings. The van der Waals surface area contributed by atoms with Crippen LogP contribution in [0.2, 0.25) is 0 Å². The average Bonchev–Trinajstić information content (AvgIpc) is 3.66. The lowest BCUT2D eigenvalue weighted by molar-refractivity contribution is 0.729. The van der Waals surface area contributed by atoms with Crippen LogP contribution in [0.5, 0.6) is 0 Å². The Labute approximate surface area is 375 Å². The Balaban J connectivity index is 1.12. The maximum absolute atomic E-state index is 10.1. The molecule has 296 valence electrons. The molecule has 0 radical (unpaired) electrons. The highest BCUT2D eigenvalue weighted by Crippen LogP contribution is 2.64.